The van der Waals surface area contributed by atoms with E-state index in [4.69, 9.17) is 5.11 Å². The Balaban J connectivity index is 3.26. The van der Waals surface area contributed by atoms with Crippen LogP contribution >= 0.6 is 0 Å². The summed E-state index contributed by atoms with van der Waals surface area (Å²) >= 11 is 0. The van der Waals surface area contributed by atoms with Gasteiger partial charge in [-0.2, -0.15) is 0 Å². The quantitative estimate of drug-likeness (QED) is 0.591. The van der Waals surface area contributed by atoms with Gasteiger partial charge in [0, 0.05) is 30.9 Å². The summed E-state index contributed by atoms with van der Waals surface area (Å²) in [6.45, 7) is 6.09. The molecular weight excluding hydrogens is 274 g/mol. The van der Waals surface area contributed by atoms with Gasteiger partial charge in [-0.1, -0.05) is 0 Å². The Kier molecular flexibility index (Phi) is 6.10. The molecule has 0 unspecified atom stereocenters. The Morgan fingerprint density at radius 1 is 1.48 bits per heavy atom. The number of nitrogens with zero attached hydrogens (tertiary/aromatic N) is 2. The zero-order chi connectivity index (χ0) is 16.0. The number of hydrogen-bond donors (Lipinski definition) is 2. The van der Waals surface area contributed by atoms with E-state index in [-0.39, 0.29) is 30.4 Å². The summed E-state index contributed by atoms with van der Waals surface area (Å²) in [5, 5.41) is 23.2. The number of carbonyl (C=O) groups is 1. The Bertz CT molecular complexity index is 517. The third-order valence-corrected chi connectivity index (χ3v) is 3.03. The monoisotopic (exact) mass is 295 g/mol. The molecule has 0 radical (unpaired) electrons. The van der Waals surface area contributed by atoms with Crippen LogP contribution in [0.25, 0.3) is 0 Å². The maximum atomic E-state index is 12.5. The number of nitro groups is 1. The Labute approximate surface area is 123 Å². The number of aliphatic hydroxyl groups is 1. The molecule has 0 spiro atoms. The highest BCUT2D eigenvalue weighted by molar-refractivity contribution is 5.99. The molecule has 0 aliphatic rings. The zero-order valence-electron chi connectivity index (χ0n) is 12.5. The number of anilines is 1. The Morgan fingerprint density at radius 2 is 2.14 bits per heavy atom. The standard InChI is InChI=1S/C14H21N3O4/c1-4-15-11-5-6-13(17(20)21)12(9-11)14(19)16(7-8-18)10(2)3/h5-6,9-10,15,18H,4,7-8H2,1-3H3. The van der Waals surface area contributed by atoms with Gasteiger partial charge in [-0.15, -0.1) is 0 Å². The second-order valence-electron chi connectivity index (χ2n) is 4.84. The molecule has 7 nitrogen and oxygen atoms in total. The Morgan fingerprint density at radius 3 is 2.62 bits per heavy atom. The van der Waals surface area contributed by atoms with Crippen LogP contribution in [0.2, 0.25) is 0 Å². The first kappa shape index (κ1) is 16.9. The van der Waals surface area contributed by atoms with Gasteiger partial charge in [0.2, 0.25) is 0 Å². The lowest BCUT2D eigenvalue weighted by Gasteiger charge is -2.26. The number of hydrogen-bond acceptors (Lipinski definition) is 5. The lowest BCUT2D eigenvalue weighted by molar-refractivity contribution is -0.385. The number of carbonyl (C=O) groups excluding carboxylic acids is 1. The van der Waals surface area contributed by atoms with Gasteiger partial charge in [0.1, 0.15) is 5.56 Å². The van der Waals surface area contributed by atoms with Crippen molar-refractivity contribution >= 4 is 17.3 Å². The maximum absolute atomic E-state index is 12.5. The third-order valence-electron chi connectivity index (χ3n) is 3.03. The molecule has 7 heteroatoms. The van der Waals surface area contributed by atoms with Crippen LogP contribution in [0.3, 0.4) is 0 Å². The van der Waals surface area contributed by atoms with Crippen molar-refractivity contribution in [3.63, 3.8) is 0 Å². The number of benzene rings is 1. The number of nitrogens with one attached hydrogen (secondary N) is 1. The van der Waals surface area contributed by atoms with Crippen LogP contribution in [0, 0.1) is 10.1 Å². The first-order chi connectivity index (χ1) is 9.92. The molecule has 0 bridgehead atoms. The van der Waals surface area contributed by atoms with E-state index in [0.717, 1.165) is 0 Å². The van der Waals surface area contributed by atoms with Gasteiger partial charge in [0.05, 0.1) is 11.5 Å². The Hall–Kier alpha value is -2.15. The van der Waals surface area contributed by atoms with Crippen molar-refractivity contribution in [2.45, 2.75) is 26.8 Å². The molecule has 0 aliphatic heterocycles. The summed E-state index contributed by atoms with van der Waals surface area (Å²) < 4.78 is 0. The molecule has 0 heterocycles. The van der Waals surface area contributed by atoms with Crippen LogP contribution in [0.15, 0.2) is 18.2 Å². The smallest absolute Gasteiger partial charge is 0.282 e. The maximum Gasteiger partial charge on any atom is 0.282 e. The fourth-order valence-electron chi connectivity index (χ4n) is 2.04. The number of nitro benzene ring substituents is 1. The highest BCUT2D eigenvalue weighted by atomic mass is 16.6. The highest BCUT2D eigenvalue weighted by Gasteiger charge is 2.26. The molecule has 0 fully saturated rings. The molecule has 0 saturated heterocycles. The molecule has 0 saturated carbocycles. The number of amides is 1. The van der Waals surface area contributed by atoms with E-state index < -0.39 is 10.8 Å². The molecule has 1 aromatic rings. The van der Waals surface area contributed by atoms with Crippen LogP contribution < -0.4 is 5.32 Å². The van der Waals surface area contributed by atoms with Crippen molar-refractivity contribution in [2.24, 2.45) is 0 Å². The minimum Gasteiger partial charge on any atom is -0.395 e. The minimum atomic E-state index is -0.569. The minimum absolute atomic E-state index is 0.0283. The third kappa shape index (κ3) is 4.16. The lowest BCUT2D eigenvalue weighted by Crippen LogP contribution is -2.39. The van der Waals surface area contributed by atoms with Crippen molar-refractivity contribution in [3.8, 4) is 0 Å². The van der Waals surface area contributed by atoms with E-state index >= 15 is 0 Å². The largest absolute Gasteiger partial charge is 0.395 e. The SMILES string of the molecule is CCNc1ccc([N+](=O)[O-])c(C(=O)N(CCO)C(C)C)c1. The van der Waals surface area contributed by atoms with Crippen molar-refractivity contribution in [1.29, 1.82) is 0 Å². The molecule has 0 aliphatic carbocycles. The summed E-state index contributed by atoms with van der Waals surface area (Å²) in [5.41, 5.74) is 0.449. The molecule has 21 heavy (non-hydrogen) atoms. The van der Waals surface area contributed by atoms with Crippen LogP contribution in [0.4, 0.5) is 11.4 Å². The second kappa shape index (κ2) is 7.58. The van der Waals surface area contributed by atoms with Gasteiger partial charge < -0.3 is 15.3 Å². The average molecular weight is 295 g/mol. The van der Waals surface area contributed by atoms with Crippen molar-refractivity contribution in [1.82, 2.24) is 4.90 Å². The van der Waals surface area contributed by atoms with E-state index in [2.05, 4.69) is 5.32 Å². The average Bonchev–Trinajstić information content (AvgIpc) is 2.43. The van der Waals surface area contributed by atoms with Crippen molar-refractivity contribution in [3.05, 3.63) is 33.9 Å². The van der Waals surface area contributed by atoms with Gasteiger partial charge in [0.15, 0.2) is 0 Å². The van der Waals surface area contributed by atoms with E-state index in [1.54, 1.807) is 19.9 Å². The fourth-order valence-corrected chi connectivity index (χ4v) is 2.04. The molecule has 2 N–H and O–H groups in total. The predicted molar refractivity (Wildman–Crippen MR) is 80.5 cm³/mol. The van der Waals surface area contributed by atoms with Gasteiger partial charge in [-0.05, 0) is 32.9 Å². The summed E-state index contributed by atoms with van der Waals surface area (Å²) in [4.78, 5) is 24.5. The summed E-state index contributed by atoms with van der Waals surface area (Å²) in [5.74, 6) is -0.453. The molecule has 1 amide bonds. The van der Waals surface area contributed by atoms with Gasteiger partial charge in [-0.3, -0.25) is 14.9 Å². The van der Waals surface area contributed by atoms with Crippen LogP contribution in [-0.2, 0) is 0 Å². The molecular formula is C14H21N3O4. The fraction of sp³-hybridized carbons (Fsp3) is 0.500. The van der Waals surface area contributed by atoms with E-state index in [9.17, 15) is 14.9 Å². The van der Waals surface area contributed by atoms with E-state index in [0.29, 0.717) is 12.2 Å². The molecule has 0 atom stereocenters. The lowest BCUT2D eigenvalue weighted by atomic mass is 10.1. The summed E-state index contributed by atoms with van der Waals surface area (Å²) in [7, 11) is 0. The van der Waals surface area contributed by atoms with E-state index in [1.807, 2.05) is 6.92 Å². The zero-order valence-corrected chi connectivity index (χ0v) is 12.5. The van der Waals surface area contributed by atoms with Crippen LogP contribution in [0.1, 0.15) is 31.1 Å². The van der Waals surface area contributed by atoms with Gasteiger partial charge in [-0.25, -0.2) is 0 Å². The van der Waals surface area contributed by atoms with Crippen molar-refractivity contribution < 1.29 is 14.8 Å². The first-order valence-corrected chi connectivity index (χ1v) is 6.86. The normalized spacial score (nSPS) is 10.5. The number of aliphatic hydroxyl groups excluding tert-OH is 1. The molecule has 1 rings (SSSR count). The predicted octanol–water partition coefficient (Wildman–Crippen LogP) is 1.87. The van der Waals surface area contributed by atoms with E-state index in [1.165, 1.54) is 17.0 Å². The van der Waals surface area contributed by atoms with Gasteiger partial charge in [0.25, 0.3) is 11.6 Å². The summed E-state index contributed by atoms with van der Waals surface area (Å²) in [6, 6.07) is 4.22. The highest BCUT2D eigenvalue weighted by Crippen LogP contribution is 2.24. The summed E-state index contributed by atoms with van der Waals surface area (Å²) in [6.07, 6.45) is 0. The van der Waals surface area contributed by atoms with Gasteiger partial charge >= 0.3 is 0 Å². The molecule has 0 aromatic heterocycles. The van der Waals surface area contributed by atoms with Crippen molar-refractivity contribution in [2.75, 3.05) is 25.0 Å². The molecule has 116 valence electrons. The number of rotatable bonds is 7. The van der Waals surface area contributed by atoms with Crippen LogP contribution in [-0.4, -0.2) is 46.6 Å². The second-order valence-corrected chi connectivity index (χ2v) is 4.84. The molecule has 1 aromatic carbocycles. The van der Waals surface area contributed by atoms with Crippen LogP contribution in [0.5, 0.6) is 0 Å². The first-order valence-electron chi connectivity index (χ1n) is 6.86. The topological polar surface area (TPSA) is 95.7 Å².